The number of aromatic nitrogens is 1. The van der Waals surface area contributed by atoms with Gasteiger partial charge in [-0.05, 0) is 26.0 Å². The van der Waals surface area contributed by atoms with Gasteiger partial charge >= 0.3 is 0 Å². The molecular formula is C11H11N3. The second kappa shape index (κ2) is 4.30. The fraction of sp³-hybridized carbons (Fsp3) is 0.273. The van der Waals surface area contributed by atoms with Crippen molar-refractivity contribution in [1.29, 1.82) is 5.26 Å². The van der Waals surface area contributed by atoms with Gasteiger partial charge < -0.3 is 5.32 Å². The molecule has 1 rings (SSSR count). The van der Waals surface area contributed by atoms with Crippen LogP contribution in [0.4, 0.5) is 5.82 Å². The Morgan fingerprint density at radius 2 is 2.29 bits per heavy atom. The van der Waals surface area contributed by atoms with Crippen molar-refractivity contribution in [2.45, 2.75) is 19.9 Å². The van der Waals surface area contributed by atoms with Crippen LogP contribution in [-0.2, 0) is 0 Å². The topological polar surface area (TPSA) is 48.7 Å². The molecule has 0 aliphatic rings. The highest BCUT2D eigenvalue weighted by Crippen LogP contribution is 2.09. The molecule has 1 heterocycles. The molecule has 14 heavy (non-hydrogen) atoms. The van der Waals surface area contributed by atoms with E-state index in [1.54, 1.807) is 12.1 Å². The summed E-state index contributed by atoms with van der Waals surface area (Å²) in [6, 6.07) is 5.39. The summed E-state index contributed by atoms with van der Waals surface area (Å²) in [6.07, 6.45) is 5.22. The Kier molecular flexibility index (Phi) is 3.09. The van der Waals surface area contributed by atoms with E-state index in [4.69, 9.17) is 11.7 Å². The van der Waals surface area contributed by atoms with Crippen molar-refractivity contribution in [3.8, 4) is 18.4 Å². The fourth-order valence-corrected chi connectivity index (χ4v) is 1.07. The highest BCUT2D eigenvalue weighted by Gasteiger charge is 2.01. The molecule has 0 aromatic carbocycles. The first-order valence-electron chi connectivity index (χ1n) is 4.27. The van der Waals surface area contributed by atoms with Crippen molar-refractivity contribution in [2.24, 2.45) is 0 Å². The number of rotatable bonds is 2. The van der Waals surface area contributed by atoms with Gasteiger partial charge in [0, 0.05) is 5.69 Å². The molecule has 0 fully saturated rings. The summed E-state index contributed by atoms with van der Waals surface area (Å²) < 4.78 is 0. The number of nitrogens with one attached hydrogen (secondary N) is 1. The van der Waals surface area contributed by atoms with Crippen LogP contribution in [0, 0.1) is 30.6 Å². The average molecular weight is 185 g/mol. The molecular weight excluding hydrogens is 174 g/mol. The van der Waals surface area contributed by atoms with Crippen molar-refractivity contribution < 1.29 is 0 Å². The first-order valence-corrected chi connectivity index (χ1v) is 4.27. The van der Waals surface area contributed by atoms with Crippen molar-refractivity contribution in [3.63, 3.8) is 0 Å². The lowest BCUT2D eigenvalue weighted by atomic mass is 10.2. The smallest absolute Gasteiger partial charge is 0.128 e. The molecule has 3 nitrogen and oxygen atoms in total. The predicted octanol–water partition coefficient (Wildman–Crippen LogP) is 1.70. The largest absolute Gasteiger partial charge is 0.357 e. The number of nitriles is 1. The van der Waals surface area contributed by atoms with E-state index in [0.717, 1.165) is 5.69 Å². The molecule has 0 saturated heterocycles. The van der Waals surface area contributed by atoms with Crippen molar-refractivity contribution >= 4 is 5.82 Å². The SMILES string of the molecule is C#CC(C)Nc1cc(C#N)cc(C)n1. The number of nitrogens with zero attached hydrogens (tertiary/aromatic N) is 2. The van der Waals surface area contributed by atoms with Gasteiger partial charge in [0.05, 0.1) is 17.7 Å². The van der Waals surface area contributed by atoms with E-state index in [9.17, 15) is 0 Å². The Morgan fingerprint density at radius 3 is 2.86 bits per heavy atom. The maximum absolute atomic E-state index is 8.73. The van der Waals surface area contributed by atoms with Gasteiger partial charge in [0.15, 0.2) is 0 Å². The zero-order valence-corrected chi connectivity index (χ0v) is 8.20. The van der Waals surface area contributed by atoms with Crippen LogP contribution in [0.2, 0.25) is 0 Å². The monoisotopic (exact) mass is 185 g/mol. The Hall–Kier alpha value is -2.00. The van der Waals surface area contributed by atoms with E-state index in [-0.39, 0.29) is 6.04 Å². The Bertz CT molecular complexity index is 410. The van der Waals surface area contributed by atoms with Crippen LogP contribution >= 0.6 is 0 Å². The molecule has 3 heteroatoms. The van der Waals surface area contributed by atoms with Crippen molar-refractivity contribution in [3.05, 3.63) is 23.4 Å². The van der Waals surface area contributed by atoms with E-state index in [0.29, 0.717) is 11.4 Å². The van der Waals surface area contributed by atoms with E-state index in [1.807, 2.05) is 13.8 Å². The first-order chi connectivity index (χ1) is 6.65. The van der Waals surface area contributed by atoms with Crippen LogP contribution in [0.5, 0.6) is 0 Å². The summed E-state index contributed by atoms with van der Waals surface area (Å²) in [5, 5.41) is 11.7. The van der Waals surface area contributed by atoms with Gasteiger partial charge in [-0.3, -0.25) is 0 Å². The van der Waals surface area contributed by atoms with E-state index in [1.165, 1.54) is 0 Å². The Morgan fingerprint density at radius 1 is 1.57 bits per heavy atom. The summed E-state index contributed by atoms with van der Waals surface area (Å²) in [5.41, 5.74) is 1.39. The molecule has 1 unspecified atom stereocenters. The molecule has 0 aliphatic heterocycles. The van der Waals surface area contributed by atoms with Gasteiger partial charge in [0.2, 0.25) is 0 Å². The maximum Gasteiger partial charge on any atom is 0.128 e. The molecule has 0 aliphatic carbocycles. The van der Waals surface area contributed by atoms with Crippen LogP contribution in [0.3, 0.4) is 0 Å². The van der Waals surface area contributed by atoms with Gasteiger partial charge in [0.25, 0.3) is 0 Å². The second-order valence-electron chi connectivity index (χ2n) is 3.03. The maximum atomic E-state index is 8.73. The number of terminal acetylenes is 1. The summed E-state index contributed by atoms with van der Waals surface area (Å²) in [7, 11) is 0. The van der Waals surface area contributed by atoms with Gasteiger partial charge in [0.1, 0.15) is 5.82 Å². The van der Waals surface area contributed by atoms with Crippen LogP contribution in [0.1, 0.15) is 18.2 Å². The predicted molar refractivity (Wildman–Crippen MR) is 55.6 cm³/mol. The Labute approximate surface area is 83.8 Å². The van der Waals surface area contributed by atoms with Crippen LogP contribution in [-0.4, -0.2) is 11.0 Å². The van der Waals surface area contributed by atoms with E-state index >= 15 is 0 Å². The number of hydrogen-bond donors (Lipinski definition) is 1. The molecule has 70 valence electrons. The number of hydrogen-bond acceptors (Lipinski definition) is 3. The third-order valence-corrected chi connectivity index (χ3v) is 1.70. The average Bonchev–Trinajstić information content (AvgIpc) is 2.16. The van der Waals surface area contributed by atoms with Gasteiger partial charge in [-0.2, -0.15) is 5.26 Å². The van der Waals surface area contributed by atoms with Gasteiger partial charge in [-0.25, -0.2) is 4.98 Å². The fourth-order valence-electron chi connectivity index (χ4n) is 1.07. The zero-order valence-electron chi connectivity index (χ0n) is 8.20. The molecule has 0 spiro atoms. The molecule has 1 aromatic rings. The minimum Gasteiger partial charge on any atom is -0.357 e. The highest BCUT2D eigenvalue weighted by atomic mass is 15.0. The second-order valence-corrected chi connectivity index (χ2v) is 3.03. The molecule has 0 amide bonds. The zero-order chi connectivity index (χ0) is 10.6. The third-order valence-electron chi connectivity index (χ3n) is 1.70. The lowest BCUT2D eigenvalue weighted by Gasteiger charge is -2.08. The quantitative estimate of drug-likeness (QED) is 0.713. The van der Waals surface area contributed by atoms with Crippen molar-refractivity contribution in [1.82, 2.24) is 4.98 Å². The number of aryl methyl sites for hydroxylation is 1. The lowest BCUT2D eigenvalue weighted by molar-refractivity contribution is 1.01. The molecule has 1 atom stereocenters. The summed E-state index contributed by atoms with van der Waals surface area (Å²) >= 11 is 0. The first kappa shape index (κ1) is 10.1. The summed E-state index contributed by atoms with van der Waals surface area (Å²) in [4.78, 5) is 4.21. The van der Waals surface area contributed by atoms with Gasteiger partial charge in [-0.1, -0.05) is 5.92 Å². The number of pyridine rings is 1. The number of anilines is 1. The molecule has 1 N–H and O–H groups in total. The summed E-state index contributed by atoms with van der Waals surface area (Å²) in [5.74, 6) is 3.18. The summed E-state index contributed by atoms with van der Waals surface area (Å²) in [6.45, 7) is 3.70. The Balaban J connectivity index is 2.95. The highest BCUT2D eigenvalue weighted by molar-refractivity contribution is 5.45. The normalized spacial score (nSPS) is 11.1. The van der Waals surface area contributed by atoms with Crippen LogP contribution in [0.15, 0.2) is 12.1 Å². The lowest BCUT2D eigenvalue weighted by Crippen LogP contribution is -2.13. The van der Waals surface area contributed by atoms with Gasteiger partial charge in [-0.15, -0.1) is 6.42 Å². The minimum absolute atomic E-state index is 0.0872. The van der Waals surface area contributed by atoms with Crippen LogP contribution in [0.25, 0.3) is 0 Å². The molecule has 0 radical (unpaired) electrons. The van der Waals surface area contributed by atoms with Crippen molar-refractivity contribution in [2.75, 3.05) is 5.32 Å². The third kappa shape index (κ3) is 2.50. The minimum atomic E-state index is -0.0872. The molecule has 0 bridgehead atoms. The van der Waals surface area contributed by atoms with E-state index < -0.39 is 0 Å². The standard InChI is InChI=1S/C11H11N3/c1-4-8(2)13-11-6-10(7-12)5-9(3)14-11/h1,5-6,8H,2-3H3,(H,13,14). The molecule has 1 aromatic heterocycles. The van der Waals surface area contributed by atoms with Crippen LogP contribution < -0.4 is 5.32 Å². The molecule has 0 saturated carbocycles. The van der Waals surface area contributed by atoms with E-state index in [2.05, 4.69) is 22.3 Å².